The van der Waals surface area contributed by atoms with Crippen molar-refractivity contribution in [2.75, 3.05) is 26.3 Å². The summed E-state index contributed by atoms with van der Waals surface area (Å²) in [4.78, 5) is 14.4. The Labute approximate surface area is 211 Å². The van der Waals surface area contributed by atoms with Gasteiger partial charge in [0.15, 0.2) is 0 Å². The molecule has 2 aromatic rings. The summed E-state index contributed by atoms with van der Waals surface area (Å²) < 4.78 is 18.7. The molecule has 0 aliphatic carbocycles. The van der Waals surface area contributed by atoms with E-state index in [4.69, 9.17) is 13.9 Å². The monoisotopic (exact) mass is 499 g/mol. The van der Waals surface area contributed by atoms with Gasteiger partial charge in [0.25, 0.3) is 0 Å². The summed E-state index contributed by atoms with van der Waals surface area (Å²) in [5.74, 6) is 0. The van der Waals surface area contributed by atoms with Crippen molar-refractivity contribution >= 4 is 24.8 Å². The maximum absolute atomic E-state index is 12.9. The predicted molar refractivity (Wildman–Crippen MR) is 142 cm³/mol. The average molecular weight is 500 g/mol. The number of nitrogens with zero attached hydrogens (tertiary/aromatic N) is 1. The van der Waals surface area contributed by atoms with Gasteiger partial charge in [-0.2, -0.15) is 10.4 Å². The molecule has 3 rings (SSSR count). The Bertz CT molecular complexity index is 927. The molecule has 2 aromatic carbocycles. The fourth-order valence-corrected chi connectivity index (χ4v) is 9.25. The van der Waals surface area contributed by atoms with E-state index < -0.39 is 31.7 Å². The van der Waals surface area contributed by atoms with Crippen LogP contribution in [0.1, 0.15) is 48.5 Å². The van der Waals surface area contributed by atoms with Crippen LogP contribution in [0.4, 0.5) is 4.79 Å². The minimum Gasteiger partial charge on any atom is -0.556 e. The van der Waals surface area contributed by atoms with Crippen LogP contribution in [0.25, 0.3) is 0 Å². The van der Waals surface area contributed by atoms with Gasteiger partial charge in [-0.1, -0.05) is 81.4 Å². The molecule has 0 saturated carbocycles. The van der Waals surface area contributed by atoms with Crippen LogP contribution < -0.4 is 10.4 Å². The average Bonchev–Trinajstić information content (AvgIpc) is 2.92. The van der Waals surface area contributed by atoms with Gasteiger partial charge >= 0.3 is 6.09 Å². The molecule has 1 N–H and O–H groups in total. The van der Waals surface area contributed by atoms with E-state index >= 15 is 0 Å². The van der Waals surface area contributed by atoms with Crippen molar-refractivity contribution in [3.8, 4) is 0 Å². The molecule has 2 atom stereocenters. The summed E-state index contributed by atoms with van der Waals surface area (Å²) in [7, 11) is -2.75. The molecule has 1 amide bonds. The van der Waals surface area contributed by atoms with Crippen molar-refractivity contribution < 1.29 is 23.8 Å². The van der Waals surface area contributed by atoms with Crippen molar-refractivity contribution in [3.63, 3.8) is 0 Å². The van der Waals surface area contributed by atoms with Crippen LogP contribution in [0, 0.1) is 0 Å². The second-order valence-electron chi connectivity index (χ2n) is 11.8. The first-order valence-corrected chi connectivity index (χ1v) is 14.2. The number of carbonyl (C=O) groups is 1. The van der Waals surface area contributed by atoms with Crippen molar-refractivity contribution in [2.24, 2.45) is 0 Å². The lowest BCUT2D eigenvalue weighted by Gasteiger charge is -2.56. The molecule has 0 spiro atoms. The van der Waals surface area contributed by atoms with E-state index in [0.717, 1.165) is 0 Å². The minimum absolute atomic E-state index is 0.112. The molecule has 0 unspecified atom stereocenters. The number of rotatable bonds is 5. The molecule has 0 radical (unpaired) electrons. The van der Waals surface area contributed by atoms with Crippen LogP contribution in [-0.2, 0) is 13.9 Å². The van der Waals surface area contributed by atoms with Gasteiger partial charge in [0, 0.05) is 6.61 Å². The zero-order valence-electron chi connectivity index (χ0n) is 22.2. The zero-order valence-corrected chi connectivity index (χ0v) is 23.2. The molecule has 1 aliphatic rings. The van der Waals surface area contributed by atoms with Crippen LogP contribution in [-0.4, -0.2) is 68.0 Å². The third kappa shape index (κ3) is 6.73. The first-order valence-electron chi connectivity index (χ1n) is 12.3. The summed E-state index contributed by atoms with van der Waals surface area (Å²) in [6.45, 7) is 14.7. The highest BCUT2D eigenvalue weighted by molar-refractivity contribution is 6.99. The molecule has 6 nitrogen and oxygen atoms in total. The normalized spacial score (nSPS) is 21.9. The number of aliphatic hydroxyl groups is 1. The fraction of sp³-hybridized carbons (Fsp3) is 0.536. The van der Waals surface area contributed by atoms with E-state index in [1.165, 1.54) is 15.3 Å². The lowest BCUT2D eigenvalue weighted by atomic mass is 10.1. The van der Waals surface area contributed by atoms with E-state index in [9.17, 15) is 9.90 Å². The zero-order chi connectivity index (χ0) is 25.9. The largest absolute Gasteiger partial charge is 0.556 e. The van der Waals surface area contributed by atoms with Crippen molar-refractivity contribution in [1.29, 1.82) is 0 Å². The molecular formula is C28H41NO5Si-. The number of ether oxygens (including phenoxy) is 2. The van der Waals surface area contributed by atoms with Crippen LogP contribution >= 0.6 is 0 Å². The Morgan fingerprint density at radius 3 is 2.00 bits per heavy atom. The van der Waals surface area contributed by atoms with E-state index in [0.29, 0.717) is 6.61 Å². The SMILES string of the molecule is CC(C)(C)OC(=O)N1C[C@H](CO[Si-](c2ccccc2)(c2ccccc2)C(C)(C)C)OC[C@@](C)(O)C1. The topological polar surface area (TPSA) is 68.2 Å². The first kappa shape index (κ1) is 27.4. The third-order valence-electron chi connectivity index (χ3n) is 6.14. The molecule has 0 aromatic heterocycles. The Balaban J connectivity index is 1.93. The molecule has 1 aliphatic heterocycles. The number of amides is 1. The lowest BCUT2D eigenvalue weighted by Crippen LogP contribution is -2.67. The molecule has 1 fully saturated rings. The molecule has 0 bridgehead atoms. The summed E-state index contributed by atoms with van der Waals surface area (Å²) >= 11 is 0. The molecule has 193 valence electrons. The Kier molecular flexibility index (Phi) is 8.16. The van der Waals surface area contributed by atoms with Gasteiger partial charge in [-0.25, -0.2) is 4.79 Å². The van der Waals surface area contributed by atoms with Gasteiger partial charge < -0.3 is 23.9 Å². The van der Waals surface area contributed by atoms with Gasteiger partial charge in [0.05, 0.1) is 34.1 Å². The number of hydrogen-bond acceptors (Lipinski definition) is 5. The van der Waals surface area contributed by atoms with E-state index in [-0.39, 0.29) is 24.7 Å². The quantitative estimate of drug-likeness (QED) is 0.631. The van der Waals surface area contributed by atoms with Crippen LogP contribution in [0.3, 0.4) is 0 Å². The first-order chi connectivity index (χ1) is 16.2. The molecule has 1 saturated heterocycles. The van der Waals surface area contributed by atoms with E-state index in [2.05, 4.69) is 69.3 Å². The van der Waals surface area contributed by atoms with Gasteiger partial charge in [-0.05, 0) is 27.7 Å². The minimum atomic E-state index is -2.75. The Morgan fingerprint density at radius 2 is 1.54 bits per heavy atom. The molecule has 7 heteroatoms. The number of carbonyl (C=O) groups excluding carboxylic acids is 1. The second-order valence-corrected chi connectivity index (χ2v) is 16.1. The van der Waals surface area contributed by atoms with Gasteiger partial charge in [-0.15, -0.1) is 5.04 Å². The summed E-state index contributed by atoms with van der Waals surface area (Å²) in [6.07, 6.45) is -0.864. The van der Waals surface area contributed by atoms with Crippen LogP contribution in [0.15, 0.2) is 60.7 Å². The van der Waals surface area contributed by atoms with Crippen molar-refractivity contribution in [1.82, 2.24) is 4.90 Å². The van der Waals surface area contributed by atoms with Crippen molar-refractivity contribution in [3.05, 3.63) is 60.7 Å². The van der Waals surface area contributed by atoms with Crippen LogP contribution in [0.5, 0.6) is 0 Å². The highest BCUT2D eigenvalue weighted by Gasteiger charge is 2.40. The Hall–Kier alpha value is -2.19. The van der Waals surface area contributed by atoms with Gasteiger partial charge in [0.2, 0.25) is 0 Å². The number of benzene rings is 2. The Morgan fingerprint density at radius 1 is 1.03 bits per heavy atom. The van der Waals surface area contributed by atoms with Crippen LogP contribution in [0.2, 0.25) is 5.04 Å². The van der Waals surface area contributed by atoms with E-state index in [1.54, 1.807) is 6.92 Å². The van der Waals surface area contributed by atoms with Gasteiger partial charge in [0.1, 0.15) is 11.2 Å². The fourth-order valence-electron chi connectivity index (χ4n) is 4.66. The molecular weight excluding hydrogens is 458 g/mol. The lowest BCUT2D eigenvalue weighted by molar-refractivity contribution is -0.0522. The predicted octanol–water partition coefficient (Wildman–Crippen LogP) is 3.95. The summed E-state index contributed by atoms with van der Waals surface area (Å²) in [6, 6.07) is 20.9. The second kappa shape index (κ2) is 10.4. The van der Waals surface area contributed by atoms with Crippen molar-refractivity contribution in [2.45, 2.75) is 70.8 Å². The number of β-amino-alcohol motifs (C(OH)–C–C–N with tert-alkyl or cyclic N) is 1. The van der Waals surface area contributed by atoms with E-state index in [1.807, 2.05) is 32.9 Å². The third-order valence-corrected chi connectivity index (χ3v) is 11.1. The number of hydrogen-bond donors (Lipinski definition) is 1. The smallest absolute Gasteiger partial charge is 0.410 e. The summed E-state index contributed by atoms with van der Waals surface area (Å²) in [5, 5.41) is 13.0. The summed E-state index contributed by atoms with van der Waals surface area (Å²) in [5.41, 5.74) is -1.81. The highest BCUT2D eigenvalue weighted by Crippen LogP contribution is 2.37. The highest BCUT2D eigenvalue weighted by atomic mass is 28.4. The van der Waals surface area contributed by atoms with Gasteiger partial charge in [-0.3, -0.25) is 0 Å². The standard InChI is InChI=1S/C28H41NO5Si/c1-26(2,3)34-25(30)29-18-22(32-21-28(7,31)20-29)19-33-35(27(4,5)6,23-14-10-8-11-15-23)24-16-12-9-13-17-24/h8-17,22,31H,18-21H2,1-7H3/q-1/t22-,28+/m1/s1. The molecule has 35 heavy (non-hydrogen) atoms. The maximum Gasteiger partial charge on any atom is 0.410 e. The maximum atomic E-state index is 12.9. The molecule has 1 heterocycles.